The average Bonchev–Trinajstić information content (AvgIpc) is 2.37. The number of hydrogen-bond acceptors (Lipinski definition) is 3. The highest BCUT2D eigenvalue weighted by molar-refractivity contribution is 4.82. The summed E-state index contributed by atoms with van der Waals surface area (Å²) in [5, 5.41) is 12.7. The molecule has 0 spiro atoms. The van der Waals surface area contributed by atoms with Crippen molar-refractivity contribution in [3.05, 3.63) is 0 Å². The van der Waals surface area contributed by atoms with Crippen LogP contribution in [0.2, 0.25) is 0 Å². The van der Waals surface area contributed by atoms with Crippen LogP contribution in [0.1, 0.15) is 25.7 Å². The van der Waals surface area contributed by atoms with Crippen molar-refractivity contribution in [2.45, 2.75) is 37.8 Å². The Morgan fingerprint density at radius 1 is 1.45 bits per heavy atom. The molecule has 0 aliphatic heterocycles. The first-order valence-corrected chi connectivity index (χ1v) is 4.46. The number of hydrogen-bond donors (Lipinski definition) is 3. The molecule has 0 saturated heterocycles. The fourth-order valence-corrected chi connectivity index (χ4v) is 1.57. The van der Waals surface area contributed by atoms with Gasteiger partial charge in [-0.05, 0) is 38.8 Å². The fraction of sp³-hybridized carbons (Fsp3) is 1.00. The maximum atomic E-state index is 9.39. The molecule has 0 aromatic heterocycles. The van der Waals surface area contributed by atoms with Gasteiger partial charge in [0.1, 0.15) is 0 Å². The summed E-state index contributed by atoms with van der Waals surface area (Å²) in [6.07, 6.45) is 4.12. The van der Waals surface area contributed by atoms with Gasteiger partial charge < -0.3 is 16.2 Å². The summed E-state index contributed by atoms with van der Waals surface area (Å²) < 4.78 is 0. The van der Waals surface area contributed by atoms with Crippen LogP contribution in [0.3, 0.4) is 0 Å². The van der Waals surface area contributed by atoms with Gasteiger partial charge in [0, 0.05) is 6.04 Å². The van der Waals surface area contributed by atoms with Gasteiger partial charge in [0.25, 0.3) is 0 Å². The first-order valence-electron chi connectivity index (χ1n) is 4.46. The van der Waals surface area contributed by atoms with Crippen LogP contribution in [-0.4, -0.2) is 30.3 Å². The number of rotatable bonds is 4. The van der Waals surface area contributed by atoms with Crippen LogP contribution in [-0.2, 0) is 0 Å². The monoisotopic (exact) mass is 158 g/mol. The second-order valence-corrected chi connectivity index (χ2v) is 3.20. The van der Waals surface area contributed by atoms with E-state index in [1.165, 1.54) is 0 Å². The Labute approximate surface area is 68.0 Å². The summed E-state index contributed by atoms with van der Waals surface area (Å²) >= 11 is 0. The Morgan fingerprint density at radius 2 is 2.27 bits per heavy atom. The highest BCUT2D eigenvalue weighted by Crippen LogP contribution is 2.18. The van der Waals surface area contributed by atoms with Crippen LogP contribution >= 0.6 is 0 Å². The van der Waals surface area contributed by atoms with Crippen LogP contribution in [0.4, 0.5) is 0 Å². The molecule has 11 heavy (non-hydrogen) atoms. The second kappa shape index (κ2) is 4.70. The summed E-state index contributed by atoms with van der Waals surface area (Å²) in [5.41, 5.74) is 5.35. The molecule has 1 aliphatic rings. The molecule has 0 aromatic rings. The van der Waals surface area contributed by atoms with E-state index in [0.29, 0.717) is 6.04 Å². The zero-order valence-corrected chi connectivity index (χ0v) is 6.92. The molecule has 1 fully saturated rings. The van der Waals surface area contributed by atoms with Crippen molar-refractivity contribution < 1.29 is 5.11 Å². The van der Waals surface area contributed by atoms with Gasteiger partial charge >= 0.3 is 0 Å². The first-order chi connectivity index (χ1) is 5.34. The highest BCUT2D eigenvalue weighted by atomic mass is 16.3. The topological polar surface area (TPSA) is 58.3 Å². The van der Waals surface area contributed by atoms with Crippen molar-refractivity contribution in [2.75, 3.05) is 13.1 Å². The Kier molecular flexibility index (Phi) is 3.83. The molecule has 4 N–H and O–H groups in total. The predicted octanol–water partition coefficient (Wildman–Crippen LogP) is -0.162. The van der Waals surface area contributed by atoms with Gasteiger partial charge in [-0.1, -0.05) is 0 Å². The van der Waals surface area contributed by atoms with Gasteiger partial charge in [-0.2, -0.15) is 0 Å². The Morgan fingerprint density at radius 3 is 2.82 bits per heavy atom. The minimum absolute atomic E-state index is 0.118. The van der Waals surface area contributed by atoms with Crippen LogP contribution in [0.15, 0.2) is 0 Å². The van der Waals surface area contributed by atoms with Crippen molar-refractivity contribution in [3.63, 3.8) is 0 Å². The second-order valence-electron chi connectivity index (χ2n) is 3.20. The molecule has 3 nitrogen and oxygen atoms in total. The summed E-state index contributed by atoms with van der Waals surface area (Å²) in [4.78, 5) is 0. The van der Waals surface area contributed by atoms with Gasteiger partial charge in [0.2, 0.25) is 0 Å². The summed E-state index contributed by atoms with van der Waals surface area (Å²) in [5.74, 6) is 0. The molecule has 2 atom stereocenters. The minimum atomic E-state index is -0.118. The highest BCUT2D eigenvalue weighted by Gasteiger charge is 2.23. The van der Waals surface area contributed by atoms with Crippen molar-refractivity contribution in [1.29, 1.82) is 0 Å². The number of nitrogens with two attached hydrogens (primary N) is 1. The van der Waals surface area contributed by atoms with Crippen LogP contribution < -0.4 is 11.1 Å². The van der Waals surface area contributed by atoms with E-state index in [4.69, 9.17) is 5.73 Å². The van der Waals surface area contributed by atoms with E-state index >= 15 is 0 Å². The van der Waals surface area contributed by atoms with Crippen LogP contribution in [0.25, 0.3) is 0 Å². The van der Waals surface area contributed by atoms with Crippen LogP contribution in [0, 0.1) is 0 Å². The van der Waals surface area contributed by atoms with Crippen molar-refractivity contribution in [3.8, 4) is 0 Å². The van der Waals surface area contributed by atoms with E-state index in [0.717, 1.165) is 38.8 Å². The van der Waals surface area contributed by atoms with Gasteiger partial charge in [-0.25, -0.2) is 0 Å². The van der Waals surface area contributed by atoms with E-state index < -0.39 is 0 Å². The molecule has 0 aromatic carbocycles. The number of nitrogens with one attached hydrogen (secondary N) is 1. The van der Waals surface area contributed by atoms with E-state index in [1.54, 1.807) is 0 Å². The number of aliphatic hydroxyl groups excluding tert-OH is 1. The Balaban J connectivity index is 2.05. The molecule has 1 rings (SSSR count). The quantitative estimate of drug-likeness (QED) is 0.498. The summed E-state index contributed by atoms with van der Waals surface area (Å²) in [7, 11) is 0. The van der Waals surface area contributed by atoms with Gasteiger partial charge in [0.15, 0.2) is 0 Å². The van der Waals surface area contributed by atoms with Crippen molar-refractivity contribution in [2.24, 2.45) is 5.73 Å². The molecule has 2 unspecified atom stereocenters. The van der Waals surface area contributed by atoms with Gasteiger partial charge in [-0.3, -0.25) is 0 Å². The van der Waals surface area contributed by atoms with E-state index in [9.17, 15) is 5.11 Å². The summed E-state index contributed by atoms with van der Waals surface area (Å²) in [6, 6.07) is 0.335. The third kappa shape index (κ3) is 2.77. The lowest BCUT2D eigenvalue weighted by Crippen LogP contribution is -2.36. The average molecular weight is 158 g/mol. The zero-order chi connectivity index (χ0) is 8.10. The molecule has 1 saturated carbocycles. The third-order valence-corrected chi connectivity index (χ3v) is 2.27. The molecule has 0 radical (unpaired) electrons. The Hall–Kier alpha value is -0.120. The first kappa shape index (κ1) is 8.97. The van der Waals surface area contributed by atoms with Gasteiger partial charge in [-0.15, -0.1) is 0 Å². The molecule has 0 heterocycles. The summed E-state index contributed by atoms with van der Waals surface area (Å²) in [6.45, 7) is 1.67. The maximum Gasteiger partial charge on any atom is 0.0693 e. The molecular weight excluding hydrogens is 140 g/mol. The molecule has 1 aliphatic carbocycles. The lowest BCUT2D eigenvalue weighted by atomic mass is 10.2. The smallest absolute Gasteiger partial charge is 0.0693 e. The predicted molar refractivity (Wildman–Crippen MR) is 45.3 cm³/mol. The standard InChI is InChI=1S/C8H18N2O/c9-5-2-6-10-7-3-1-4-8(7)11/h7-8,10-11H,1-6,9H2. The lowest BCUT2D eigenvalue weighted by Gasteiger charge is -2.15. The molecule has 0 amide bonds. The molecular formula is C8H18N2O. The largest absolute Gasteiger partial charge is 0.392 e. The molecule has 0 bridgehead atoms. The van der Waals surface area contributed by atoms with Crippen LogP contribution in [0.5, 0.6) is 0 Å². The third-order valence-electron chi connectivity index (χ3n) is 2.27. The van der Waals surface area contributed by atoms with E-state index in [-0.39, 0.29) is 6.10 Å². The Bertz CT molecular complexity index is 108. The molecule has 66 valence electrons. The SMILES string of the molecule is NCCCNC1CCCC1O. The van der Waals surface area contributed by atoms with E-state index in [1.807, 2.05) is 0 Å². The maximum absolute atomic E-state index is 9.39. The normalized spacial score (nSPS) is 31.1. The number of aliphatic hydroxyl groups is 1. The molecule has 3 heteroatoms. The van der Waals surface area contributed by atoms with Gasteiger partial charge in [0.05, 0.1) is 6.10 Å². The van der Waals surface area contributed by atoms with Crippen molar-refractivity contribution >= 4 is 0 Å². The fourth-order valence-electron chi connectivity index (χ4n) is 1.57. The zero-order valence-electron chi connectivity index (χ0n) is 6.92. The lowest BCUT2D eigenvalue weighted by molar-refractivity contribution is 0.149. The minimum Gasteiger partial charge on any atom is -0.392 e. The van der Waals surface area contributed by atoms with Crippen molar-refractivity contribution in [1.82, 2.24) is 5.32 Å². The van der Waals surface area contributed by atoms with E-state index in [2.05, 4.69) is 5.32 Å².